The highest BCUT2D eigenvalue weighted by atomic mass is 35.5. The third-order valence-electron chi connectivity index (χ3n) is 5.81. The molecule has 4 rings (SSSR count). The topological polar surface area (TPSA) is 25.2 Å². The van der Waals surface area contributed by atoms with Gasteiger partial charge in [-0.3, -0.25) is 4.79 Å². The van der Waals surface area contributed by atoms with Gasteiger partial charge in [0.1, 0.15) is 0 Å². The van der Waals surface area contributed by atoms with Crippen LogP contribution < -0.4 is 0 Å². The molecule has 1 unspecified atom stereocenters. The first-order chi connectivity index (χ1) is 14.2. The summed E-state index contributed by atoms with van der Waals surface area (Å²) in [5.74, 6) is 0.443. The largest absolute Gasteiger partial charge is 0.377 e. The summed E-state index contributed by atoms with van der Waals surface area (Å²) in [6.45, 7) is 5.21. The van der Waals surface area contributed by atoms with Crippen LogP contribution in [0, 0.1) is 0 Å². The fourth-order valence-electron chi connectivity index (χ4n) is 4.21. The number of likely N-dealkylation sites (tertiary alicyclic amines) is 1. The van der Waals surface area contributed by atoms with E-state index in [4.69, 9.17) is 11.6 Å². The van der Waals surface area contributed by atoms with E-state index in [-0.39, 0.29) is 5.78 Å². The number of aryl methyl sites for hydroxylation is 1. The zero-order valence-electron chi connectivity index (χ0n) is 16.9. The molecule has 0 amide bonds. The highest BCUT2D eigenvalue weighted by Gasteiger charge is 2.25. The monoisotopic (exact) mass is 406 g/mol. The molecule has 2 aromatic carbocycles. The number of carbonyl (C=O) groups excluding carboxylic acids is 1. The lowest BCUT2D eigenvalue weighted by Crippen LogP contribution is -2.13. The number of unbranched alkanes of at least 4 members (excludes halogenated alkanes) is 1. The number of rotatable bonds is 7. The van der Waals surface area contributed by atoms with Crippen LogP contribution in [-0.2, 0) is 6.54 Å². The highest BCUT2D eigenvalue weighted by Crippen LogP contribution is 2.34. The number of ketones is 1. The lowest BCUT2D eigenvalue weighted by atomic mass is 9.98. The Morgan fingerprint density at radius 1 is 1.17 bits per heavy atom. The molecular formula is C25H27ClN2O. The Morgan fingerprint density at radius 3 is 2.79 bits per heavy atom. The van der Waals surface area contributed by atoms with Crippen molar-refractivity contribution >= 4 is 28.3 Å². The molecule has 3 nitrogen and oxygen atoms in total. The second-order valence-corrected chi connectivity index (χ2v) is 8.20. The maximum absolute atomic E-state index is 12.5. The van der Waals surface area contributed by atoms with Gasteiger partial charge in [-0.2, -0.15) is 0 Å². The molecule has 4 heteroatoms. The summed E-state index contributed by atoms with van der Waals surface area (Å²) < 4.78 is 2.41. The Bertz CT molecular complexity index is 1040. The summed E-state index contributed by atoms with van der Waals surface area (Å²) in [6, 6.07) is 15.9. The summed E-state index contributed by atoms with van der Waals surface area (Å²) in [6.07, 6.45) is 9.43. The first-order valence-corrected chi connectivity index (χ1v) is 10.8. The van der Waals surface area contributed by atoms with Gasteiger partial charge in [-0.1, -0.05) is 55.3 Å². The van der Waals surface area contributed by atoms with Crippen LogP contribution >= 0.6 is 11.6 Å². The van der Waals surface area contributed by atoms with E-state index < -0.39 is 0 Å². The fraction of sp³-hybridized carbons (Fsp3) is 0.320. The number of hydrogen-bond acceptors (Lipinski definition) is 2. The molecule has 0 bridgehead atoms. The van der Waals surface area contributed by atoms with Crippen molar-refractivity contribution in [2.24, 2.45) is 0 Å². The summed E-state index contributed by atoms with van der Waals surface area (Å²) in [4.78, 5) is 14.7. The smallest absolute Gasteiger partial charge is 0.188 e. The maximum atomic E-state index is 12.5. The van der Waals surface area contributed by atoms with E-state index in [9.17, 15) is 4.79 Å². The molecule has 0 aliphatic carbocycles. The summed E-state index contributed by atoms with van der Waals surface area (Å²) in [5.41, 5.74) is 3.32. The number of nitrogens with zero attached hydrogens (tertiary/aromatic N) is 2. The fourth-order valence-corrected chi connectivity index (χ4v) is 4.44. The number of carbonyl (C=O) groups is 1. The second kappa shape index (κ2) is 8.87. The Labute approximate surface area is 177 Å². The van der Waals surface area contributed by atoms with Crippen LogP contribution in [0.4, 0.5) is 0 Å². The van der Waals surface area contributed by atoms with Gasteiger partial charge < -0.3 is 9.47 Å². The molecule has 1 aliphatic rings. The van der Waals surface area contributed by atoms with Crippen LogP contribution in [0.25, 0.3) is 10.9 Å². The second-order valence-electron chi connectivity index (χ2n) is 7.79. The molecule has 29 heavy (non-hydrogen) atoms. The normalized spacial score (nSPS) is 16.9. The van der Waals surface area contributed by atoms with E-state index in [0.717, 1.165) is 26.1 Å². The van der Waals surface area contributed by atoms with Gasteiger partial charge in [0.05, 0.1) is 5.02 Å². The number of benzene rings is 2. The standard InChI is InChI=1S/C25H27ClN2O/c1-2-3-14-28-18-22(20-8-5-7-11-24(20)28)19-12-15-27(17-19)16-13-25(29)21-9-4-6-10-23(21)26/h4-11,13,16,18-19H,2-3,12,14-15,17H2,1H3. The molecule has 1 aromatic heterocycles. The van der Waals surface area contributed by atoms with Crippen LogP contribution in [0.2, 0.25) is 5.02 Å². The molecule has 1 fully saturated rings. The minimum atomic E-state index is -0.0461. The van der Waals surface area contributed by atoms with Gasteiger partial charge in [0.2, 0.25) is 0 Å². The van der Waals surface area contributed by atoms with Gasteiger partial charge >= 0.3 is 0 Å². The molecule has 1 saturated heterocycles. The Balaban J connectivity index is 1.49. The van der Waals surface area contributed by atoms with Gasteiger partial charge in [0.15, 0.2) is 5.78 Å². The van der Waals surface area contributed by atoms with Crippen molar-refractivity contribution in [1.82, 2.24) is 9.47 Å². The SMILES string of the molecule is CCCCn1cc(C2CCN(C=CC(=O)c3ccccc3Cl)C2)c2ccccc21. The minimum absolute atomic E-state index is 0.0461. The van der Waals surface area contributed by atoms with Crippen molar-refractivity contribution in [2.45, 2.75) is 38.6 Å². The Kier molecular flexibility index (Phi) is 6.05. The van der Waals surface area contributed by atoms with Crippen molar-refractivity contribution in [3.8, 4) is 0 Å². The molecule has 150 valence electrons. The number of para-hydroxylation sites is 1. The van der Waals surface area contributed by atoms with Crippen molar-refractivity contribution in [1.29, 1.82) is 0 Å². The predicted molar refractivity (Wildman–Crippen MR) is 121 cm³/mol. The van der Waals surface area contributed by atoms with Gasteiger partial charge in [0.25, 0.3) is 0 Å². The van der Waals surface area contributed by atoms with Gasteiger partial charge in [-0.15, -0.1) is 0 Å². The van der Waals surface area contributed by atoms with Crippen molar-refractivity contribution in [3.05, 3.63) is 83.2 Å². The van der Waals surface area contributed by atoms with Crippen LogP contribution in [0.5, 0.6) is 0 Å². The summed E-state index contributed by atoms with van der Waals surface area (Å²) >= 11 is 6.14. The first kappa shape index (κ1) is 19.8. The average Bonchev–Trinajstić information content (AvgIpc) is 3.35. The summed E-state index contributed by atoms with van der Waals surface area (Å²) in [7, 11) is 0. The zero-order chi connectivity index (χ0) is 20.2. The molecule has 0 spiro atoms. The molecular weight excluding hydrogens is 380 g/mol. The molecule has 1 aliphatic heterocycles. The molecule has 0 saturated carbocycles. The molecule has 1 atom stereocenters. The number of aromatic nitrogens is 1. The van der Waals surface area contributed by atoms with Crippen molar-refractivity contribution in [2.75, 3.05) is 13.1 Å². The van der Waals surface area contributed by atoms with Crippen LogP contribution in [0.3, 0.4) is 0 Å². The number of hydrogen-bond donors (Lipinski definition) is 0. The molecule has 2 heterocycles. The minimum Gasteiger partial charge on any atom is -0.377 e. The lowest BCUT2D eigenvalue weighted by molar-refractivity contribution is 0.104. The van der Waals surface area contributed by atoms with E-state index in [0.29, 0.717) is 16.5 Å². The number of fused-ring (bicyclic) bond motifs is 1. The van der Waals surface area contributed by atoms with E-state index in [2.05, 4.69) is 46.9 Å². The van der Waals surface area contributed by atoms with E-state index in [1.54, 1.807) is 18.2 Å². The molecule has 0 N–H and O–H groups in total. The number of halogens is 1. The van der Waals surface area contributed by atoms with Crippen LogP contribution in [-0.4, -0.2) is 28.3 Å². The number of allylic oxidation sites excluding steroid dienone is 1. The first-order valence-electron chi connectivity index (χ1n) is 10.5. The van der Waals surface area contributed by atoms with Gasteiger partial charge in [-0.25, -0.2) is 0 Å². The van der Waals surface area contributed by atoms with E-state index in [1.807, 2.05) is 18.3 Å². The highest BCUT2D eigenvalue weighted by molar-refractivity contribution is 6.34. The van der Waals surface area contributed by atoms with Crippen LogP contribution in [0.1, 0.15) is 48.0 Å². The van der Waals surface area contributed by atoms with Crippen molar-refractivity contribution in [3.63, 3.8) is 0 Å². The lowest BCUT2D eigenvalue weighted by Gasteiger charge is -2.13. The summed E-state index contributed by atoms with van der Waals surface area (Å²) in [5, 5.41) is 1.87. The molecule has 0 radical (unpaired) electrons. The van der Waals surface area contributed by atoms with E-state index >= 15 is 0 Å². The third-order valence-corrected chi connectivity index (χ3v) is 6.14. The average molecular weight is 407 g/mol. The van der Waals surface area contributed by atoms with Gasteiger partial charge in [0, 0.05) is 60.5 Å². The van der Waals surface area contributed by atoms with Gasteiger partial charge in [-0.05, 0) is 36.6 Å². The van der Waals surface area contributed by atoms with E-state index in [1.165, 1.54) is 29.3 Å². The van der Waals surface area contributed by atoms with Crippen LogP contribution in [0.15, 0.2) is 67.0 Å². The Morgan fingerprint density at radius 2 is 1.97 bits per heavy atom. The third kappa shape index (κ3) is 4.25. The molecule has 3 aromatic rings. The quantitative estimate of drug-likeness (QED) is 0.340. The zero-order valence-corrected chi connectivity index (χ0v) is 17.6. The van der Waals surface area contributed by atoms with Crippen molar-refractivity contribution < 1.29 is 4.79 Å². The Hall–Kier alpha value is -2.52. The predicted octanol–water partition coefficient (Wildman–Crippen LogP) is 6.28. The maximum Gasteiger partial charge on any atom is 0.188 e.